The van der Waals surface area contributed by atoms with E-state index in [2.05, 4.69) is 40.7 Å². The number of carboxylic acid groups (broad SMARTS) is 1. The molecule has 19 nitrogen and oxygen atoms in total. The number of nitrogens with two attached hydrogens (primary N) is 1. The van der Waals surface area contributed by atoms with E-state index >= 15 is 0 Å². The number of carbonyl (C=O) groups excluding carboxylic acids is 5. The van der Waals surface area contributed by atoms with Gasteiger partial charge in [0.2, 0.25) is 11.9 Å². The van der Waals surface area contributed by atoms with Crippen LogP contribution in [0.5, 0.6) is 0 Å². The minimum atomic E-state index is -1.35. The van der Waals surface area contributed by atoms with Crippen molar-refractivity contribution in [2.75, 3.05) is 30.8 Å². The van der Waals surface area contributed by atoms with Gasteiger partial charge >= 0.3 is 11.9 Å². The maximum absolute atomic E-state index is 12.7. The summed E-state index contributed by atoms with van der Waals surface area (Å²) in [7, 11) is 0. The predicted octanol–water partition coefficient (Wildman–Crippen LogP) is -1.39. The van der Waals surface area contributed by atoms with Crippen LogP contribution in [0.1, 0.15) is 41.7 Å². The topological polar surface area (TPSA) is 278 Å². The van der Waals surface area contributed by atoms with E-state index in [0.717, 1.165) is 0 Å². The minimum absolute atomic E-state index is 0.0176. The van der Waals surface area contributed by atoms with Gasteiger partial charge in [-0.3, -0.25) is 29.0 Å². The van der Waals surface area contributed by atoms with Gasteiger partial charge in [-0.2, -0.15) is 4.98 Å². The summed E-state index contributed by atoms with van der Waals surface area (Å²) in [5.41, 5.74) is 6.36. The molecule has 19 heteroatoms. The summed E-state index contributed by atoms with van der Waals surface area (Å²) in [6.45, 7) is -0.485. The molecule has 1 aromatic carbocycles. The number of hydrogen-bond acceptors (Lipinski definition) is 14. The quantitative estimate of drug-likeness (QED) is 0.0825. The van der Waals surface area contributed by atoms with Gasteiger partial charge in [0, 0.05) is 37.1 Å². The molecule has 1 saturated heterocycles. The van der Waals surface area contributed by atoms with E-state index < -0.39 is 53.8 Å². The molecule has 7 N–H and O–H groups in total. The van der Waals surface area contributed by atoms with Crippen LogP contribution in [-0.4, -0.2) is 91.5 Å². The van der Waals surface area contributed by atoms with Crippen molar-refractivity contribution in [2.45, 2.75) is 38.3 Å². The molecule has 0 saturated carbocycles. The summed E-state index contributed by atoms with van der Waals surface area (Å²) in [6, 6.07) is 4.79. The highest BCUT2D eigenvalue weighted by molar-refractivity contribution is 6.01. The van der Waals surface area contributed by atoms with Crippen molar-refractivity contribution in [1.29, 1.82) is 0 Å². The van der Waals surface area contributed by atoms with Crippen LogP contribution in [0.25, 0.3) is 11.2 Å². The molecule has 1 aliphatic heterocycles. The molecule has 4 amide bonds. The third-order valence-corrected chi connectivity index (χ3v) is 6.36. The van der Waals surface area contributed by atoms with Crippen LogP contribution in [0.4, 0.5) is 11.6 Å². The van der Waals surface area contributed by atoms with Crippen LogP contribution in [0.15, 0.2) is 35.3 Å². The lowest BCUT2D eigenvalue weighted by Crippen LogP contribution is -2.41. The maximum atomic E-state index is 12.7. The zero-order valence-corrected chi connectivity index (χ0v) is 24.1. The summed E-state index contributed by atoms with van der Waals surface area (Å²) in [4.78, 5) is 102. The van der Waals surface area contributed by atoms with Crippen molar-refractivity contribution in [3.05, 3.63) is 52.1 Å². The molecule has 1 unspecified atom stereocenters. The van der Waals surface area contributed by atoms with Crippen molar-refractivity contribution in [1.82, 2.24) is 35.6 Å². The number of benzene rings is 1. The number of hydrogen-bond donors (Lipinski definition) is 6. The Balaban J connectivity index is 1.16. The summed E-state index contributed by atoms with van der Waals surface area (Å²) in [6.07, 6.45) is 0.934. The molecule has 242 valence electrons. The highest BCUT2D eigenvalue weighted by atomic mass is 16.7. The molecule has 3 aromatic rings. The molecule has 0 spiro atoms. The molecule has 1 aliphatic rings. The van der Waals surface area contributed by atoms with Gasteiger partial charge < -0.3 is 36.4 Å². The largest absolute Gasteiger partial charge is 0.480 e. The Morgan fingerprint density at radius 1 is 1.07 bits per heavy atom. The number of amides is 4. The number of imide groups is 1. The molecule has 2 aromatic heterocycles. The summed E-state index contributed by atoms with van der Waals surface area (Å²) in [5, 5.41) is 17.9. The second-order valence-corrected chi connectivity index (χ2v) is 9.77. The van der Waals surface area contributed by atoms with Gasteiger partial charge in [-0.25, -0.2) is 19.6 Å². The Kier molecular flexibility index (Phi) is 10.8. The Morgan fingerprint density at radius 3 is 2.48 bits per heavy atom. The number of aliphatic carboxylic acids is 1. The monoisotopic (exact) mass is 639 g/mol. The number of anilines is 2. The highest BCUT2D eigenvalue weighted by Crippen LogP contribution is 2.13. The lowest BCUT2D eigenvalue weighted by atomic mass is 10.1. The molecule has 1 fully saturated rings. The van der Waals surface area contributed by atoms with Gasteiger partial charge in [-0.05, 0) is 30.7 Å². The van der Waals surface area contributed by atoms with Crippen molar-refractivity contribution >= 4 is 58.4 Å². The van der Waals surface area contributed by atoms with Gasteiger partial charge in [0.15, 0.2) is 11.2 Å². The summed E-state index contributed by atoms with van der Waals surface area (Å²) in [5.74, 6) is -4.78. The number of carbonyl (C=O) groups is 6. The standard InChI is InChI=1S/C27H29N9O10/c28-27-34-23-22(25(42)35-27)32-16(12-31-23)11-30-15-3-1-14(2-4-15)24(41)33-17(26(43)44)5-6-18(37)29-9-10-45-13-21(40)46-36-19(38)7-8-20(36)39/h1-4,12,17,30H,5-11,13H2,(H,29,37)(H,33,41)(H,43,44)(H3,28,31,34,35,42). The lowest BCUT2D eigenvalue weighted by molar-refractivity contribution is -0.200. The number of ether oxygens (including phenoxy) is 1. The van der Waals surface area contributed by atoms with E-state index in [1.807, 2.05) is 0 Å². The third kappa shape index (κ3) is 9.02. The normalized spacial score (nSPS) is 13.3. The van der Waals surface area contributed by atoms with Gasteiger partial charge in [0.1, 0.15) is 12.6 Å². The highest BCUT2D eigenvalue weighted by Gasteiger charge is 2.32. The summed E-state index contributed by atoms with van der Waals surface area (Å²) < 4.78 is 5.04. The van der Waals surface area contributed by atoms with E-state index in [1.54, 1.807) is 12.1 Å². The molecule has 4 rings (SSSR count). The van der Waals surface area contributed by atoms with Gasteiger partial charge in [0.25, 0.3) is 23.3 Å². The Bertz CT molecular complexity index is 1690. The van der Waals surface area contributed by atoms with E-state index in [0.29, 0.717) is 16.4 Å². The van der Waals surface area contributed by atoms with E-state index in [4.69, 9.17) is 10.5 Å². The van der Waals surface area contributed by atoms with Crippen LogP contribution >= 0.6 is 0 Å². The fourth-order valence-electron chi connectivity index (χ4n) is 4.06. The van der Waals surface area contributed by atoms with Crippen LogP contribution < -0.4 is 27.2 Å². The molecule has 0 radical (unpaired) electrons. The molecule has 0 bridgehead atoms. The SMILES string of the molecule is Nc1nc2ncc(CNc3ccc(C(=O)NC(CCC(=O)NCCOCC(=O)ON4C(=O)CCC4=O)C(=O)O)cc3)nc2c(=O)[nH]1. The number of H-pyrrole nitrogens is 1. The maximum Gasteiger partial charge on any atom is 0.358 e. The average molecular weight is 640 g/mol. The smallest absolute Gasteiger partial charge is 0.358 e. The zero-order valence-electron chi connectivity index (χ0n) is 24.1. The van der Waals surface area contributed by atoms with E-state index in [9.17, 15) is 38.7 Å². The number of fused-ring (bicyclic) bond motifs is 1. The summed E-state index contributed by atoms with van der Waals surface area (Å²) >= 11 is 0. The number of nitrogen functional groups attached to an aromatic ring is 1. The molecule has 1 atom stereocenters. The van der Waals surface area contributed by atoms with Crippen LogP contribution in [0.2, 0.25) is 0 Å². The van der Waals surface area contributed by atoms with Crippen molar-refractivity contribution < 1.29 is 43.4 Å². The molecule has 46 heavy (non-hydrogen) atoms. The number of aromatic amines is 1. The molecular weight excluding hydrogens is 610 g/mol. The van der Waals surface area contributed by atoms with Gasteiger partial charge in [0.05, 0.1) is 25.0 Å². The second kappa shape index (κ2) is 15.1. The fourth-order valence-corrected chi connectivity index (χ4v) is 4.06. The molecular formula is C27H29N9O10. The number of nitrogens with zero attached hydrogens (tertiary/aromatic N) is 4. The fraction of sp³-hybridized carbons (Fsp3) is 0.333. The van der Waals surface area contributed by atoms with Crippen LogP contribution in [0, 0.1) is 0 Å². The van der Waals surface area contributed by atoms with Crippen molar-refractivity contribution in [3.63, 3.8) is 0 Å². The van der Waals surface area contributed by atoms with Crippen LogP contribution in [0.3, 0.4) is 0 Å². The number of carboxylic acids is 1. The minimum Gasteiger partial charge on any atom is -0.480 e. The Hall–Kier alpha value is -5.98. The molecule has 0 aliphatic carbocycles. The van der Waals surface area contributed by atoms with Crippen LogP contribution in [-0.2, 0) is 40.1 Å². The Labute approximate surface area is 258 Å². The first-order valence-electron chi connectivity index (χ1n) is 13.8. The first-order chi connectivity index (χ1) is 22.0. The van der Waals surface area contributed by atoms with E-state index in [-0.39, 0.29) is 68.1 Å². The first-order valence-corrected chi connectivity index (χ1v) is 13.8. The molecule has 3 heterocycles. The van der Waals surface area contributed by atoms with E-state index in [1.165, 1.54) is 18.3 Å². The Morgan fingerprint density at radius 2 is 1.78 bits per heavy atom. The van der Waals surface area contributed by atoms with Crippen molar-refractivity contribution in [2.24, 2.45) is 0 Å². The number of rotatable bonds is 15. The number of aromatic nitrogens is 4. The van der Waals surface area contributed by atoms with Gasteiger partial charge in [-0.1, -0.05) is 0 Å². The van der Waals surface area contributed by atoms with Gasteiger partial charge in [-0.15, -0.1) is 5.06 Å². The number of hydroxylamine groups is 2. The average Bonchev–Trinajstić information content (AvgIpc) is 3.34. The third-order valence-electron chi connectivity index (χ3n) is 6.36. The zero-order chi connectivity index (χ0) is 33.2. The van der Waals surface area contributed by atoms with Crippen molar-refractivity contribution in [3.8, 4) is 0 Å². The second-order valence-electron chi connectivity index (χ2n) is 9.77. The first kappa shape index (κ1) is 32.9. The lowest BCUT2D eigenvalue weighted by Gasteiger charge is -2.15. The number of nitrogens with one attached hydrogen (secondary N) is 4. The predicted molar refractivity (Wildman–Crippen MR) is 155 cm³/mol.